The average Bonchev–Trinajstić information content (AvgIpc) is 3.10. The third kappa shape index (κ3) is 3.02. The third-order valence-corrected chi connectivity index (χ3v) is 4.46. The summed E-state index contributed by atoms with van der Waals surface area (Å²) >= 11 is 13.3. The number of furan rings is 1. The average molecular weight is 353 g/mol. The highest BCUT2D eigenvalue weighted by Gasteiger charge is 2.18. The molecule has 0 saturated heterocycles. The number of aromatic nitrogens is 1. The van der Waals surface area contributed by atoms with Crippen LogP contribution >= 0.6 is 34.5 Å². The van der Waals surface area contributed by atoms with E-state index in [0.717, 1.165) is 4.88 Å². The Balaban J connectivity index is 1.86. The Labute approximate surface area is 140 Å². The molecule has 112 valence electrons. The number of hydrogen-bond acceptors (Lipinski definition) is 4. The van der Waals surface area contributed by atoms with E-state index in [-0.39, 0.29) is 5.91 Å². The van der Waals surface area contributed by atoms with Crippen molar-refractivity contribution < 1.29 is 9.21 Å². The summed E-state index contributed by atoms with van der Waals surface area (Å²) in [7, 11) is 0. The number of benzene rings is 1. The van der Waals surface area contributed by atoms with Crippen molar-refractivity contribution in [3.8, 4) is 10.8 Å². The van der Waals surface area contributed by atoms with Gasteiger partial charge >= 0.3 is 0 Å². The van der Waals surface area contributed by atoms with Crippen molar-refractivity contribution in [2.24, 2.45) is 0 Å². The predicted octanol–water partition coefficient (Wildman–Crippen LogP) is 5.27. The summed E-state index contributed by atoms with van der Waals surface area (Å²) in [5.74, 6) is 0.312. The van der Waals surface area contributed by atoms with Gasteiger partial charge in [0.1, 0.15) is 5.69 Å². The lowest BCUT2D eigenvalue weighted by atomic mass is 10.3. The molecule has 1 aromatic carbocycles. The second kappa shape index (κ2) is 6.12. The van der Waals surface area contributed by atoms with Gasteiger partial charge in [-0.3, -0.25) is 4.79 Å². The van der Waals surface area contributed by atoms with Crippen molar-refractivity contribution >= 4 is 46.1 Å². The summed E-state index contributed by atoms with van der Waals surface area (Å²) in [6.07, 6.45) is 1.57. The Morgan fingerprint density at radius 1 is 1.32 bits per heavy atom. The van der Waals surface area contributed by atoms with E-state index in [1.807, 2.05) is 6.92 Å². The zero-order chi connectivity index (χ0) is 15.7. The molecule has 3 rings (SSSR count). The topological polar surface area (TPSA) is 55.1 Å². The van der Waals surface area contributed by atoms with E-state index < -0.39 is 0 Å². The lowest BCUT2D eigenvalue weighted by molar-refractivity contribution is 0.102. The SMILES string of the molecule is Cc1sc(-c2ccco2)nc1C(=O)Nc1ccc(Cl)cc1Cl. The molecule has 0 aliphatic rings. The first-order chi connectivity index (χ1) is 10.5. The smallest absolute Gasteiger partial charge is 0.275 e. The first kappa shape index (κ1) is 15.1. The molecule has 0 aliphatic carbocycles. The fraction of sp³-hybridized carbons (Fsp3) is 0.0667. The molecule has 2 heterocycles. The lowest BCUT2D eigenvalue weighted by Gasteiger charge is -2.06. The van der Waals surface area contributed by atoms with Crippen LogP contribution in [0.3, 0.4) is 0 Å². The molecule has 1 amide bonds. The Kier molecular flexibility index (Phi) is 4.20. The summed E-state index contributed by atoms with van der Waals surface area (Å²) in [6.45, 7) is 1.84. The summed E-state index contributed by atoms with van der Waals surface area (Å²) in [4.78, 5) is 17.5. The number of halogens is 2. The van der Waals surface area contributed by atoms with E-state index in [1.165, 1.54) is 11.3 Å². The van der Waals surface area contributed by atoms with Crippen molar-refractivity contribution in [1.29, 1.82) is 0 Å². The van der Waals surface area contributed by atoms with Crippen LogP contribution in [0.4, 0.5) is 5.69 Å². The molecule has 0 aliphatic heterocycles. The molecule has 1 N–H and O–H groups in total. The summed E-state index contributed by atoms with van der Waals surface area (Å²) in [5.41, 5.74) is 0.838. The molecule has 0 bridgehead atoms. The van der Waals surface area contributed by atoms with Crippen LogP contribution in [0.2, 0.25) is 10.0 Å². The molecule has 2 aromatic heterocycles. The van der Waals surface area contributed by atoms with E-state index in [4.69, 9.17) is 27.6 Å². The van der Waals surface area contributed by atoms with Gasteiger partial charge in [0, 0.05) is 9.90 Å². The lowest BCUT2D eigenvalue weighted by Crippen LogP contribution is -2.13. The van der Waals surface area contributed by atoms with Gasteiger partial charge < -0.3 is 9.73 Å². The molecule has 22 heavy (non-hydrogen) atoms. The first-order valence-corrected chi connectivity index (χ1v) is 7.89. The minimum atomic E-state index is -0.323. The highest BCUT2D eigenvalue weighted by molar-refractivity contribution is 7.15. The van der Waals surface area contributed by atoms with E-state index >= 15 is 0 Å². The van der Waals surface area contributed by atoms with Crippen LogP contribution in [0.1, 0.15) is 15.4 Å². The summed E-state index contributed by atoms with van der Waals surface area (Å²) < 4.78 is 5.30. The largest absolute Gasteiger partial charge is 0.462 e. The van der Waals surface area contributed by atoms with Crippen LogP contribution in [-0.2, 0) is 0 Å². The minimum Gasteiger partial charge on any atom is -0.462 e. The summed E-state index contributed by atoms with van der Waals surface area (Å²) in [5, 5.41) is 4.28. The Morgan fingerprint density at radius 3 is 2.82 bits per heavy atom. The molecular formula is C15H10Cl2N2O2S. The Morgan fingerprint density at radius 2 is 2.14 bits per heavy atom. The van der Waals surface area contributed by atoms with E-state index in [0.29, 0.717) is 32.2 Å². The number of rotatable bonds is 3. The quantitative estimate of drug-likeness (QED) is 0.698. The van der Waals surface area contributed by atoms with Crippen molar-refractivity contribution in [2.45, 2.75) is 6.92 Å². The van der Waals surface area contributed by atoms with Gasteiger partial charge in [0.15, 0.2) is 10.8 Å². The normalized spacial score (nSPS) is 10.7. The number of carbonyl (C=O) groups is 1. The maximum atomic E-state index is 12.4. The van der Waals surface area contributed by atoms with Gasteiger partial charge in [-0.1, -0.05) is 23.2 Å². The maximum Gasteiger partial charge on any atom is 0.275 e. The highest BCUT2D eigenvalue weighted by atomic mass is 35.5. The number of nitrogens with zero attached hydrogens (tertiary/aromatic N) is 1. The van der Waals surface area contributed by atoms with Gasteiger partial charge in [0.2, 0.25) is 0 Å². The number of anilines is 1. The van der Waals surface area contributed by atoms with E-state index in [1.54, 1.807) is 36.6 Å². The van der Waals surface area contributed by atoms with Crippen LogP contribution in [-0.4, -0.2) is 10.9 Å². The molecule has 0 unspecified atom stereocenters. The molecule has 0 saturated carbocycles. The maximum absolute atomic E-state index is 12.4. The second-order valence-corrected chi connectivity index (χ2v) is 6.53. The molecule has 0 spiro atoms. The van der Waals surface area contributed by atoms with Crippen molar-refractivity contribution in [2.75, 3.05) is 5.32 Å². The number of thiazole rings is 1. The monoisotopic (exact) mass is 352 g/mol. The second-order valence-electron chi connectivity index (χ2n) is 4.48. The Bertz CT molecular complexity index is 828. The van der Waals surface area contributed by atoms with Gasteiger partial charge in [-0.2, -0.15) is 0 Å². The molecule has 3 aromatic rings. The summed E-state index contributed by atoms with van der Waals surface area (Å²) in [6, 6.07) is 8.46. The van der Waals surface area contributed by atoms with E-state index in [2.05, 4.69) is 10.3 Å². The van der Waals surface area contributed by atoms with Crippen molar-refractivity contribution in [3.05, 3.63) is 57.2 Å². The van der Waals surface area contributed by atoms with Gasteiger partial charge in [-0.05, 0) is 37.3 Å². The predicted molar refractivity (Wildman–Crippen MR) is 89.0 cm³/mol. The molecule has 0 radical (unpaired) electrons. The fourth-order valence-corrected chi connectivity index (χ4v) is 3.22. The van der Waals surface area contributed by atoms with Crippen LogP contribution in [0, 0.1) is 6.92 Å². The van der Waals surface area contributed by atoms with Crippen LogP contribution < -0.4 is 5.32 Å². The number of aryl methyl sites for hydroxylation is 1. The van der Waals surface area contributed by atoms with Gasteiger partial charge in [0.05, 0.1) is 17.0 Å². The molecular weight excluding hydrogens is 343 g/mol. The van der Waals surface area contributed by atoms with Crippen molar-refractivity contribution in [3.63, 3.8) is 0 Å². The van der Waals surface area contributed by atoms with Crippen LogP contribution in [0.15, 0.2) is 41.0 Å². The van der Waals surface area contributed by atoms with Crippen LogP contribution in [0.25, 0.3) is 10.8 Å². The fourth-order valence-electron chi connectivity index (χ4n) is 1.89. The number of amides is 1. The first-order valence-electron chi connectivity index (χ1n) is 6.32. The molecule has 4 nitrogen and oxygen atoms in total. The van der Waals surface area contributed by atoms with Crippen LogP contribution in [0.5, 0.6) is 0 Å². The van der Waals surface area contributed by atoms with Gasteiger partial charge in [-0.25, -0.2) is 4.98 Å². The van der Waals surface area contributed by atoms with Gasteiger partial charge in [0.25, 0.3) is 5.91 Å². The molecule has 0 fully saturated rings. The van der Waals surface area contributed by atoms with Crippen molar-refractivity contribution in [1.82, 2.24) is 4.98 Å². The highest BCUT2D eigenvalue weighted by Crippen LogP contribution is 2.30. The number of hydrogen-bond donors (Lipinski definition) is 1. The number of carbonyl (C=O) groups excluding carboxylic acids is 1. The molecule has 7 heteroatoms. The third-order valence-electron chi connectivity index (χ3n) is 2.92. The standard InChI is InChI=1S/C15H10Cl2N2O2S/c1-8-13(19-15(22-8)12-3-2-6-21-12)14(20)18-11-5-4-9(16)7-10(11)17/h2-7H,1H3,(H,18,20). The number of nitrogens with one attached hydrogen (secondary N) is 1. The zero-order valence-corrected chi connectivity index (χ0v) is 13.7. The Hall–Kier alpha value is -1.82. The van der Waals surface area contributed by atoms with E-state index in [9.17, 15) is 4.79 Å². The minimum absolute atomic E-state index is 0.323. The molecule has 0 atom stereocenters. The zero-order valence-electron chi connectivity index (χ0n) is 11.4. The van der Waals surface area contributed by atoms with Gasteiger partial charge in [-0.15, -0.1) is 11.3 Å².